The molecule has 1 atom stereocenters. The zero-order valence-corrected chi connectivity index (χ0v) is 15.1. The van der Waals surface area contributed by atoms with Crippen LogP contribution in [0.15, 0.2) is 46.6 Å². The number of carbonyl (C=O) groups excluding carboxylic acids is 1. The molecule has 0 fully saturated rings. The fraction of sp³-hybridized carbons (Fsp3) is 0.389. The normalized spacial score (nSPS) is 12.6. The van der Waals surface area contributed by atoms with Crippen LogP contribution in [0.3, 0.4) is 0 Å². The van der Waals surface area contributed by atoms with Gasteiger partial charge in [0.15, 0.2) is 0 Å². The molecule has 1 amide bonds. The smallest absolute Gasteiger partial charge is 0.248 e. The molecule has 2 N–H and O–H groups in total. The second kappa shape index (κ2) is 8.73. The van der Waals surface area contributed by atoms with Crippen LogP contribution in [0.25, 0.3) is 11.5 Å². The average molecular weight is 361 g/mol. The highest BCUT2D eigenvalue weighted by atomic mass is 32.1. The Bertz CT molecular complexity index is 699. The lowest BCUT2D eigenvalue weighted by Gasteiger charge is -2.33. The van der Waals surface area contributed by atoms with Gasteiger partial charge in [0.05, 0.1) is 11.6 Å². The molecule has 0 saturated heterocycles. The minimum atomic E-state index is -1.09. The monoisotopic (exact) mass is 361 g/mol. The highest BCUT2D eigenvalue weighted by Gasteiger charge is 2.32. The molecule has 0 aromatic carbocycles. The molecule has 25 heavy (non-hydrogen) atoms. The summed E-state index contributed by atoms with van der Waals surface area (Å²) in [5.74, 6) is 0.683. The summed E-state index contributed by atoms with van der Waals surface area (Å²) in [4.78, 5) is 12.2. The van der Waals surface area contributed by atoms with Gasteiger partial charge in [-0.05, 0) is 31.2 Å². The van der Waals surface area contributed by atoms with Crippen molar-refractivity contribution in [3.63, 3.8) is 0 Å². The zero-order valence-electron chi connectivity index (χ0n) is 14.3. The fourth-order valence-corrected chi connectivity index (χ4v) is 3.09. The molecule has 7 heteroatoms. The van der Waals surface area contributed by atoms with E-state index in [1.165, 1.54) is 0 Å². The lowest BCUT2D eigenvalue weighted by Crippen LogP contribution is -2.50. The topological polar surface area (TPSA) is 88.2 Å². The molecule has 2 aromatic heterocycles. The zero-order chi connectivity index (χ0) is 18.3. The number of aliphatic hydroxyl groups is 1. The van der Waals surface area contributed by atoms with Gasteiger partial charge >= 0.3 is 0 Å². The van der Waals surface area contributed by atoms with Crippen LogP contribution in [0, 0.1) is 0 Å². The molecule has 0 aliphatic rings. The van der Waals surface area contributed by atoms with Crippen LogP contribution in [0.5, 0.6) is 0 Å². The molecular formula is C18H23N3O3S. The largest absolute Gasteiger partial charge is 0.421 e. The van der Waals surface area contributed by atoms with Gasteiger partial charge in [0, 0.05) is 23.8 Å². The molecule has 6 nitrogen and oxygen atoms in total. The van der Waals surface area contributed by atoms with Crippen LogP contribution in [-0.2, 0) is 11.2 Å². The second-order valence-electron chi connectivity index (χ2n) is 5.89. The van der Waals surface area contributed by atoms with Crippen LogP contribution < -0.4 is 5.32 Å². The van der Waals surface area contributed by atoms with Gasteiger partial charge in [0.2, 0.25) is 17.7 Å². The van der Waals surface area contributed by atoms with Crippen molar-refractivity contribution in [3.8, 4) is 11.5 Å². The van der Waals surface area contributed by atoms with Crippen LogP contribution in [0.1, 0.15) is 32.1 Å². The molecular weight excluding hydrogens is 338 g/mol. The maximum Gasteiger partial charge on any atom is 0.248 e. The van der Waals surface area contributed by atoms with Crippen molar-refractivity contribution in [2.45, 2.75) is 44.2 Å². The summed E-state index contributed by atoms with van der Waals surface area (Å²) in [5, 5.41) is 25.2. The van der Waals surface area contributed by atoms with Gasteiger partial charge in [-0.2, -0.15) is 11.3 Å². The maximum absolute atomic E-state index is 12.2. The number of nitrogens with one attached hydrogen (secondary N) is 1. The van der Waals surface area contributed by atoms with Crippen LogP contribution in [0.4, 0.5) is 0 Å². The molecule has 0 radical (unpaired) electrons. The van der Waals surface area contributed by atoms with Crippen LogP contribution in [-0.4, -0.2) is 32.9 Å². The Hall–Kier alpha value is -2.25. The lowest BCUT2D eigenvalue weighted by molar-refractivity contribution is -0.124. The number of aromatic nitrogens is 2. The Morgan fingerprint density at radius 1 is 1.44 bits per heavy atom. The van der Waals surface area contributed by atoms with Crippen molar-refractivity contribution in [2.24, 2.45) is 0 Å². The van der Waals surface area contributed by atoms with E-state index in [1.807, 2.05) is 16.8 Å². The summed E-state index contributed by atoms with van der Waals surface area (Å²) >= 11 is 1.55. The quantitative estimate of drug-likeness (QED) is 0.635. The van der Waals surface area contributed by atoms with Crippen LogP contribution in [0.2, 0.25) is 0 Å². The third-order valence-electron chi connectivity index (χ3n) is 3.98. The van der Waals surface area contributed by atoms with Crippen molar-refractivity contribution in [2.75, 3.05) is 0 Å². The van der Waals surface area contributed by atoms with Gasteiger partial charge in [-0.1, -0.05) is 12.2 Å². The van der Waals surface area contributed by atoms with E-state index >= 15 is 0 Å². The number of aryl methyl sites for hydroxylation is 1. The molecule has 0 saturated carbocycles. The number of carbonyl (C=O) groups is 1. The molecule has 2 heterocycles. The SMILES string of the molecule is C=CCC(O)(CC=C)[C@@H](C)NC(=O)CCc1nnc(-c2ccsc2)o1. The van der Waals surface area contributed by atoms with Crippen molar-refractivity contribution in [3.05, 3.63) is 48.0 Å². The third kappa shape index (κ3) is 5.11. The first-order chi connectivity index (χ1) is 12.0. The lowest BCUT2D eigenvalue weighted by atomic mass is 9.88. The Labute approximate surface area is 151 Å². The summed E-state index contributed by atoms with van der Waals surface area (Å²) in [5.41, 5.74) is -0.212. The Balaban J connectivity index is 1.87. The van der Waals surface area contributed by atoms with Gasteiger partial charge in [-0.3, -0.25) is 4.79 Å². The molecule has 134 valence electrons. The molecule has 0 aliphatic heterocycles. The standard InChI is InChI=1S/C18H23N3O3S/c1-4-9-18(23,10-5-2)13(3)19-15(22)6-7-16-20-21-17(24-16)14-8-11-25-12-14/h4-5,8,11-13,23H,1-2,6-7,9-10H2,3H3,(H,19,22)/t13-/m1/s1. The molecule has 2 rings (SSSR count). The van der Waals surface area contributed by atoms with E-state index < -0.39 is 11.6 Å². The Kier molecular flexibility index (Phi) is 6.66. The van der Waals surface area contributed by atoms with E-state index in [0.717, 1.165) is 5.56 Å². The first kappa shape index (κ1) is 19.1. The molecule has 0 unspecified atom stereocenters. The number of nitrogens with zero attached hydrogens (tertiary/aromatic N) is 2. The fourth-order valence-electron chi connectivity index (χ4n) is 2.46. The van der Waals surface area contributed by atoms with E-state index in [1.54, 1.807) is 30.4 Å². The van der Waals surface area contributed by atoms with E-state index in [0.29, 0.717) is 31.0 Å². The van der Waals surface area contributed by atoms with Gasteiger partial charge in [-0.25, -0.2) is 0 Å². The first-order valence-electron chi connectivity index (χ1n) is 8.07. The summed E-state index contributed by atoms with van der Waals surface area (Å²) in [6, 6.07) is 1.47. The van der Waals surface area contributed by atoms with E-state index in [-0.39, 0.29) is 12.3 Å². The minimum absolute atomic E-state index is 0.186. The number of rotatable bonds is 10. The second-order valence-corrected chi connectivity index (χ2v) is 6.67. The van der Waals surface area contributed by atoms with Gasteiger partial charge in [-0.15, -0.1) is 23.4 Å². The van der Waals surface area contributed by atoms with Crippen molar-refractivity contribution in [1.29, 1.82) is 0 Å². The number of amides is 1. The number of hydrogen-bond acceptors (Lipinski definition) is 6. The van der Waals surface area contributed by atoms with E-state index in [9.17, 15) is 9.90 Å². The maximum atomic E-state index is 12.2. The van der Waals surface area contributed by atoms with E-state index in [2.05, 4.69) is 28.7 Å². The summed E-state index contributed by atoms with van der Waals surface area (Å²) in [6.45, 7) is 9.08. The van der Waals surface area contributed by atoms with Gasteiger partial charge < -0.3 is 14.8 Å². The summed E-state index contributed by atoms with van der Waals surface area (Å²) < 4.78 is 5.56. The number of hydrogen-bond donors (Lipinski definition) is 2. The molecule has 0 spiro atoms. The van der Waals surface area contributed by atoms with Crippen LogP contribution >= 0.6 is 11.3 Å². The molecule has 0 bridgehead atoms. The predicted octanol–water partition coefficient (Wildman–Crippen LogP) is 3.12. The predicted molar refractivity (Wildman–Crippen MR) is 98.1 cm³/mol. The minimum Gasteiger partial charge on any atom is -0.421 e. The Morgan fingerprint density at radius 2 is 2.16 bits per heavy atom. The highest BCUT2D eigenvalue weighted by molar-refractivity contribution is 7.08. The average Bonchev–Trinajstić information content (AvgIpc) is 3.24. The highest BCUT2D eigenvalue weighted by Crippen LogP contribution is 2.22. The van der Waals surface area contributed by atoms with Gasteiger partial charge in [0.25, 0.3) is 0 Å². The van der Waals surface area contributed by atoms with E-state index in [4.69, 9.17) is 4.42 Å². The Morgan fingerprint density at radius 3 is 2.76 bits per heavy atom. The summed E-state index contributed by atoms with van der Waals surface area (Å²) in [7, 11) is 0. The number of thiophene rings is 1. The molecule has 0 aliphatic carbocycles. The third-order valence-corrected chi connectivity index (χ3v) is 4.66. The molecule has 2 aromatic rings. The van der Waals surface area contributed by atoms with Crippen molar-refractivity contribution < 1.29 is 14.3 Å². The summed E-state index contributed by atoms with van der Waals surface area (Å²) in [6.07, 6.45) is 4.56. The van der Waals surface area contributed by atoms with Crippen molar-refractivity contribution in [1.82, 2.24) is 15.5 Å². The first-order valence-corrected chi connectivity index (χ1v) is 9.01. The van der Waals surface area contributed by atoms with Crippen molar-refractivity contribution >= 4 is 17.2 Å². The van der Waals surface area contributed by atoms with Gasteiger partial charge in [0.1, 0.15) is 0 Å².